The molecule has 0 fully saturated rings. The Morgan fingerprint density at radius 3 is 3.11 bits per heavy atom. The fraction of sp³-hybridized carbons (Fsp3) is 0.385. The molecule has 1 unspecified atom stereocenters. The van der Waals surface area contributed by atoms with Gasteiger partial charge in [0.25, 0.3) is 0 Å². The summed E-state index contributed by atoms with van der Waals surface area (Å²) in [4.78, 5) is 13.4. The largest absolute Gasteiger partial charge is 0.464 e. The van der Waals surface area contributed by atoms with Crippen molar-refractivity contribution in [3.05, 3.63) is 29.6 Å². The van der Waals surface area contributed by atoms with Gasteiger partial charge in [0, 0.05) is 17.7 Å². The normalized spacial score (nSPS) is 17.2. The topological polar surface area (TPSA) is 53.3 Å². The number of fused-ring (bicyclic) bond motifs is 1. The standard InChI is InChI=1S/C13H13FN2O2/c1-2-18-13(17)12-8-9-10(14)4-3-5-11(9)16(12)7-6-15/h3-5,12H,2,7-8H2,1H3. The van der Waals surface area contributed by atoms with Crippen LogP contribution in [-0.4, -0.2) is 25.2 Å². The van der Waals surface area contributed by atoms with Gasteiger partial charge in [-0.1, -0.05) is 6.07 Å². The van der Waals surface area contributed by atoms with E-state index in [1.807, 2.05) is 6.07 Å². The molecule has 4 nitrogen and oxygen atoms in total. The van der Waals surface area contributed by atoms with Gasteiger partial charge >= 0.3 is 5.97 Å². The molecule has 0 saturated heterocycles. The van der Waals surface area contributed by atoms with E-state index in [1.54, 1.807) is 24.0 Å². The van der Waals surface area contributed by atoms with Crippen molar-refractivity contribution in [1.82, 2.24) is 0 Å². The van der Waals surface area contributed by atoms with Gasteiger partial charge in [-0.15, -0.1) is 0 Å². The molecule has 18 heavy (non-hydrogen) atoms. The van der Waals surface area contributed by atoms with Crippen molar-refractivity contribution in [3.63, 3.8) is 0 Å². The predicted octanol–water partition coefficient (Wildman–Crippen LogP) is 1.64. The summed E-state index contributed by atoms with van der Waals surface area (Å²) in [6.07, 6.45) is 0.252. The zero-order valence-corrected chi connectivity index (χ0v) is 10.0. The Kier molecular flexibility index (Phi) is 3.47. The van der Waals surface area contributed by atoms with E-state index in [-0.39, 0.29) is 25.4 Å². The Labute approximate surface area is 105 Å². The number of rotatable bonds is 3. The van der Waals surface area contributed by atoms with Gasteiger partial charge in [0.05, 0.1) is 12.7 Å². The SMILES string of the molecule is CCOC(=O)C1Cc2c(F)cccc2N1CC#N. The number of carbonyl (C=O) groups excluding carboxylic acids is 1. The second-order valence-electron chi connectivity index (χ2n) is 4.00. The molecule has 0 aromatic heterocycles. The zero-order valence-electron chi connectivity index (χ0n) is 10.0. The molecule has 1 aliphatic rings. The van der Waals surface area contributed by atoms with Crippen LogP contribution in [0.4, 0.5) is 10.1 Å². The summed E-state index contributed by atoms with van der Waals surface area (Å²) in [6, 6.07) is 6.04. The van der Waals surface area contributed by atoms with Crippen molar-refractivity contribution in [1.29, 1.82) is 5.26 Å². The van der Waals surface area contributed by atoms with E-state index in [0.717, 1.165) is 0 Å². The van der Waals surface area contributed by atoms with Crippen LogP contribution in [0.1, 0.15) is 12.5 Å². The van der Waals surface area contributed by atoms with Crippen LogP contribution in [-0.2, 0) is 16.0 Å². The first-order valence-corrected chi connectivity index (χ1v) is 5.76. The molecule has 0 saturated carbocycles. The van der Waals surface area contributed by atoms with Gasteiger partial charge in [0.15, 0.2) is 0 Å². The zero-order chi connectivity index (χ0) is 13.1. The number of nitrogens with zero attached hydrogens (tertiary/aromatic N) is 2. The van der Waals surface area contributed by atoms with E-state index in [4.69, 9.17) is 10.00 Å². The molecule has 0 aliphatic carbocycles. The first kappa shape index (κ1) is 12.4. The average molecular weight is 248 g/mol. The van der Waals surface area contributed by atoms with Crippen LogP contribution in [0.15, 0.2) is 18.2 Å². The number of benzene rings is 1. The van der Waals surface area contributed by atoms with Gasteiger partial charge in [0.1, 0.15) is 18.4 Å². The Morgan fingerprint density at radius 1 is 1.67 bits per heavy atom. The number of hydrogen-bond donors (Lipinski definition) is 0. The van der Waals surface area contributed by atoms with Crippen molar-refractivity contribution in [3.8, 4) is 6.07 Å². The molecule has 0 amide bonds. The van der Waals surface area contributed by atoms with E-state index < -0.39 is 12.0 Å². The Bertz CT molecular complexity index is 510. The van der Waals surface area contributed by atoms with E-state index in [2.05, 4.69) is 0 Å². The van der Waals surface area contributed by atoms with Crippen molar-refractivity contribution in [2.24, 2.45) is 0 Å². The lowest BCUT2D eigenvalue weighted by Crippen LogP contribution is -2.40. The minimum absolute atomic E-state index is 0.0416. The summed E-state index contributed by atoms with van der Waals surface area (Å²) in [5, 5.41) is 8.81. The summed E-state index contributed by atoms with van der Waals surface area (Å²) < 4.78 is 18.6. The van der Waals surface area contributed by atoms with Crippen molar-refractivity contribution >= 4 is 11.7 Å². The number of hydrogen-bond acceptors (Lipinski definition) is 4. The van der Waals surface area contributed by atoms with Crippen LogP contribution < -0.4 is 4.90 Å². The lowest BCUT2D eigenvalue weighted by atomic mass is 10.1. The first-order chi connectivity index (χ1) is 8.69. The summed E-state index contributed by atoms with van der Waals surface area (Å²) in [5.74, 6) is -0.759. The van der Waals surface area contributed by atoms with Crippen LogP contribution in [0.25, 0.3) is 0 Å². The third-order valence-corrected chi connectivity index (χ3v) is 2.98. The average Bonchev–Trinajstić information content (AvgIpc) is 2.71. The van der Waals surface area contributed by atoms with Gasteiger partial charge < -0.3 is 9.64 Å². The van der Waals surface area contributed by atoms with Gasteiger partial charge in [-0.2, -0.15) is 5.26 Å². The molecular weight excluding hydrogens is 235 g/mol. The monoisotopic (exact) mass is 248 g/mol. The number of nitriles is 1. The molecule has 1 aromatic carbocycles. The van der Waals surface area contributed by atoms with Crippen molar-refractivity contribution in [2.45, 2.75) is 19.4 Å². The second-order valence-corrected chi connectivity index (χ2v) is 4.00. The Hall–Kier alpha value is -2.09. The number of ether oxygens (including phenoxy) is 1. The highest BCUT2D eigenvalue weighted by Crippen LogP contribution is 2.34. The van der Waals surface area contributed by atoms with E-state index in [9.17, 15) is 9.18 Å². The molecule has 1 atom stereocenters. The maximum Gasteiger partial charge on any atom is 0.329 e. The minimum atomic E-state index is -0.600. The van der Waals surface area contributed by atoms with Gasteiger partial charge in [-0.05, 0) is 19.1 Å². The summed E-state index contributed by atoms with van der Waals surface area (Å²) in [6.45, 7) is 2.03. The Balaban J connectivity index is 2.34. The molecule has 2 rings (SSSR count). The molecule has 0 spiro atoms. The second kappa shape index (κ2) is 5.05. The van der Waals surface area contributed by atoms with Gasteiger partial charge in [-0.25, -0.2) is 9.18 Å². The number of esters is 1. The van der Waals surface area contributed by atoms with Crippen molar-refractivity contribution in [2.75, 3.05) is 18.1 Å². The lowest BCUT2D eigenvalue weighted by Gasteiger charge is -2.22. The van der Waals surface area contributed by atoms with Crippen LogP contribution in [0, 0.1) is 17.1 Å². The van der Waals surface area contributed by atoms with Crippen LogP contribution in [0.3, 0.4) is 0 Å². The number of carbonyl (C=O) groups is 1. The molecular formula is C13H13FN2O2. The van der Waals surface area contributed by atoms with E-state index in [1.165, 1.54) is 6.07 Å². The lowest BCUT2D eigenvalue weighted by molar-refractivity contribution is -0.144. The summed E-state index contributed by atoms with van der Waals surface area (Å²) >= 11 is 0. The van der Waals surface area contributed by atoms with Crippen LogP contribution >= 0.6 is 0 Å². The summed E-state index contributed by atoms with van der Waals surface area (Å²) in [5.41, 5.74) is 1.08. The molecule has 94 valence electrons. The smallest absolute Gasteiger partial charge is 0.329 e. The first-order valence-electron chi connectivity index (χ1n) is 5.76. The highest BCUT2D eigenvalue weighted by atomic mass is 19.1. The van der Waals surface area contributed by atoms with Gasteiger partial charge in [-0.3, -0.25) is 0 Å². The summed E-state index contributed by atoms with van der Waals surface area (Å²) in [7, 11) is 0. The highest BCUT2D eigenvalue weighted by molar-refractivity contribution is 5.84. The number of halogens is 1. The third kappa shape index (κ3) is 2.02. The highest BCUT2D eigenvalue weighted by Gasteiger charge is 2.36. The van der Waals surface area contributed by atoms with Crippen LogP contribution in [0.5, 0.6) is 0 Å². The quantitative estimate of drug-likeness (QED) is 0.603. The van der Waals surface area contributed by atoms with Crippen LogP contribution in [0.2, 0.25) is 0 Å². The molecule has 1 heterocycles. The fourth-order valence-corrected chi connectivity index (χ4v) is 2.21. The third-order valence-electron chi connectivity index (χ3n) is 2.98. The predicted molar refractivity (Wildman–Crippen MR) is 63.5 cm³/mol. The maximum absolute atomic E-state index is 13.7. The van der Waals surface area contributed by atoms with Crippen molar-refractivity contribution < 1.29 is 13.9 Å². The molecule has 0 bridgehead atoms. The van der Waals surface area contributed by atoms with E-state index in [0.29, 0.717) is 11.3 Å². The Morgan fingerprint density at radius 2 is 2.44 bits per heavy atom. The number of anilines is 1. The molecule has 1 aromatic rings. The molecule has 0 radical (unpaired) electrons. The maximum atomic E-state index is 13.7. The molecule has 1 aliphatic heterocycles. The van der Waals surface area contributed by atoms with E-state index >= 15 is 0 Å². The minimum Gasteiger partial charge on any atom is -0.464 e. The molecule has 5 heteroatoms. The van der Waals surface area contributed by atoms with Gasteiger partial charge in [0.2, 0.25) is 0 Å². The fourth-order valence-electron chi connectivity index (χ4n) is 2.21. The molecule has 0 N–H and O–H groups in total.